The monoisotopic (exact) mass is 1500 g/mol. The molecule has 8 heterocycles. The summed E-state index contributed by atoms with van der Waals surface area (Å²) in [5.74, 6) is 4.34. The number of aromatic nitrogens is 4. The maximum Gasteiger partial charge on any atom is 0.216 e. The van der Waals surface area contributed by atoms with Gasteiger partial charge in [0.05, 0.1) is 22.3 Å². The summed E-state index contributed by atoms with van der Waals surface area (Å²) >= 11 is 0. The lowest BCUT2D eigenvalue weighted by Crippen LogP contribution is -2.44. The van der Waals surface area contributed by atoms with Crippen LogP contribution in [0.3, 0.4) is 0 Å². The molecule has 0 unspecified atom stereocenters. The molecule has 2 fully saturated rings. The molecule has 2 aliphatic carbocycles. The number of hydrogen-bond donors (Lipinski definition) is 0. The van der Waals surface area contributed by atoms with Gasteiger partial charge in [-0.25, -0.2) is 18.3 Å². The van der Waals surface area contributed by atoms with Crippen LogP contribution in [0.2, 0.25) is 0 Å². The Morgan fingerprint density at radius 1 is 0.283 bits per heavy atom. The Bertz CT molecular complexity index is 5620. The number of fused-ring (bicyclic) bond motifs is 5. The molecule has 8 heteroatoms. The quantitative estimate of drug-likeness (QED) is 0.142. The van der Waals surface area contributed by atoms with Crippen LogP contribution < -0.4 is 37.2 Å². The van der Waals surface area contributed by atoms with E-state index < -0.39 is 0 Å². The standard InChI is InChI=1S/C28H32NO.C27H30NO.C26H30NO.C24H26NO/c1-19-13-14-23-26(30-27(3,4)28(23)15-9-10-16-28)25(19)24-17-20(2)22(18-29(24)5)21-11-7-6-8-12-21;1-19-12-13-22-17-27(14-8-5-9-15-27)29-26(22)25(19)24-16-20(2)23(18-28(24)3)21-10-6-4-7-11-21;1-17-13-14-21-24(28-26(5,6)25(21,3)4)23(17)22-15-18(2)20(16-27(22)7)19-11-9-8-10-12-19;1-16-11-12-19-14-24(3,4)26-23(19)22(16)21-13-17(2)20(15-25(21)5)18-9-7-6-8-10-18/h6-8,11-14,17-18H,9-10,15-16H2,1-5H3;4,6-7,10-13,16,18H,5,8-9,14-15,17H2,1-3H3;8-16H,1-7H3;6-13,15H,14H2,1-5H3/q4*+1. The van der Waals surface area contributed by atoms with Crippen LogP contribution in [0, 0.1) is 55.4 Å². The normalized spacial score (nSPS) is 16.8. The van der Waals surface area contributed by atoms with Crippen molar-refractivity contribution in [2.75, 3.05) is 0 Å². The molecule has 8 aromatic carbocycles. The van der Waals surface area contributed by atoms with Crippen LogP contribution in [0.1, 0.15) is 180 Å². The Morgan fingerprint density at radius 2 is 0.593 bits per heavy atom. The first-order valence-corrected chi connectivity index (χ1v) is 41.4. The van der Waals surface area contributed by atoms with Gasteiger partial charge < -0.3 is 18.9 Å². The van der Waals surface area contributed by atoms with Gasteiger partial charge in [0.1, 0.15) is 73.6 Å². The summed E-state index contributed by atoms with van der Waals surface area (Å²) in [6.07, 6.45) is 22.4. The minimum absolute atomic E-state index is 0.0393. The number of hydrogen-bond acceptors (Lipinski definition) is 4. The van der Waals surface area contributed by atoms with Crippen LogP contribution in [0.15, 0.2) is 219 Å². The molecule has 12 aromatic rings. The van der Waals surface area contributed by atoms with Gasteiger partial charge in [-0.05, 0) is 213 Å². The number of aryl methyl sites for hydroxylation is 12. The van der Waals surface area contributed by atoms with Gasteiger partial charge >= 0.3 is 0 Å². The summed E-state index contributed by atoms with van der Waals surface area (Å²) in [5.41, 5.74) is 35.2. The second-order valence-corrected chi connectivity index (χ2v) is 35.9. The highest BCUT2D eigenvalue weighted by Gasteiger charge is 2.57. The molecule has 4 aromatic heterocycles. The molecule has 2 spiro atoms. The van der Waals surface area contributed by atoms with Gasteiger partial charge in [0, 0.05) is 81.3 Å². The molecule has 578 valence electrons. The lowest BCUT2D eigenvalue weighted by atomic mass is 9.69. The van der Waals surface area contributed by atoms with Crippen molar-refractivity contribution in [3.05, 3.63) is 286 Å². The van der Waals surface area contributed by atoms with E-state index in [2.05, 4.69) is 376 Å². The number of ether oxygens (including phenoxy) is 4. The Labute approximate surface area is 674 Å². The minimum atomic E-state index is -0.241. The highest BCUT2D eigenvalue weighted by atomic mass is 16.5. The third-order valence-corrected chi connectivity index (χ3v) is 26.5. The van der Waals surface area contributed by atoms with Crippen LogP contribution in [0.4, 0.5) is 0 Å². The summed E-state index contributed by atoms with van der Waals surface area (Å²) < 4.78 is 35.5. The number of nitrogens with zero attached hydrogens (tertiary/aromatic N) is 4. The molecule has 0 atom stereocenters. The molecule has 0 saturated heterocycles. The maximum absolute atomic E-state index is 6.80. The average Bonchev–Trinajstić information content (AvgIpc) is 1.56. The van der Waals surface area contributed by atoms with Crippen LogP contribution in [0.25, 0.3) is 89.5 Å². The Balaban J connectivity index is 0.000000119. The molecule has 6 aliphatic rings. The zero-order chi connectivity index (χ0) is 79.8. The van der Waals surface area contributed by atoms with Crippen molar-refractivity contribution in [1.29, 1.82) is 0 Å². The molecule has 18 rings (SSSR count). The van der Waals surface area contributed by atoms with Crippen LogP contribution >= 0.6 is 0 Å². The number of rotatable bonds is 8. The average molecular weight is 1500 g/mol. The van der Waals surface area contributed by atoms with E-state index in [4.69, 9.17) is 18.9 Å². The van der Waals surface area contributed by atoms with Gasteiger partial charge in [-0.2, -0.15) is 0 Å². The van der Waals surface area contributed by atoms with Gasteiger partial charge in [0.25, 0.3) is 0 Å². The molecule has 4 aliphatic heterocycles. The first kappa shape index (κ1) is 77.9. The summed E-state index contributed by atoms with van der Waals surface area (Å²) in [6, 6.07) is 69.9. The van der Waals surface area contributed by atoms with E-state index >= 15 is 0 Å². The first-order valence-electron chi connectivity index (χ1n) is 41.4. The van der Waals surface area contributed by atoms with Crippen molar-refractivity contribution in [3.8, 4) is 113 Å². The lowest BCUT2D eigenvalue weighted by Gasteiger charge is -2.36. The highest BCUT2D eigenvalue weighted by Crippen LogP contribution is 2.61. The predicted molar refractivity (Wildman–Crippen MR) is 463 cm³/mol. The van der Waals surface area contributed by atoms with Crippen molar-refractivity contribution in [2.24, 2.45) is 28.2 Å². The summed E-state index contributed by atoms with van der Waals surface area (Å²) in [6.45, 7) is 35.4. The zero-order valence-electron chi connectivity index (χ0n) is 71.0. The van der Waals surface area contributed by atoms with Crippen molar-refractivity contribution >= 4 is 0 Å². The first-order chi connectivity index (χ1) is 53.9. The van der Waals surface area contributed by atoms with Gasteiger partial charge in [-0.1, -0.05) is 203 Å². The van der Waals surface area contributed by atoms with E-state index in [1.165, 1.54) is 214 Å². The fraction of sp³-hybridized carbons (Fsp3) is 0.352. The van der Waals surface area contributed by atoms with Gasteiger partial charge in [0.15, 0.2) is 24.8 Å². The molecule has 0 radical (unpaired) electrons. The van der Waals surface area contributed by atoms with Gasteiger partial charge in [0.2, 0.25) is 22.8 Å². The predicted octanol–water partition coefficient (Wildman–Crippen LogP) is 23.6. The van der Waals surface area contributed by atoms with Crippen LogP contribution in [-0.2, 0) is 51.9 Å². The summed E-state index contributed by atoms with van der Waals surface area (Å²) in [4.78, 5) is 0. The van der Waals surface area contributed by atoms with Crippen LogP contribution in [-0.4, -0.2) is 22.4 Å². The van der Waals surface area contributed by atoms with Gasteiger partial charge in [-0.3, -0.25) is 0 Å². The van der Waals surface area contributed by atoms with E-state index in [1.54, 1.807) is 0 Å². The number of benzene rings is 8. The lowest BCUT2D eigenvalue weighted by molar-refractivity contribution is -0.660. The third kappa shape index (κ3) is 14.4. The molecule has 0 N–H and O–H groups in total. The number of pyridine rings is 4. The van der Waals surface area contributed by atoms with Crippen molar-refractivity contribution < 1.29 is 37.2 Å². The fourth-order valence-corrected chi connectivity index (χ4v) is 19.4. The fourth-order valence-electron chi connectivity index (χ4n) is 19.4. The largest absolute Gasteiger partial charge is 0.486 e. The maximum atomic E-state index is 6.80. The molecule has 2 saturated carbocycles. The summed E-state index contributed by atoms with van der Waals surface area (Å²) in [5, 5.41) is 0. The zero-order valence-corrected chi connectivity index (χ0v) is 71.0. The van der Waals surface area contributed by atoms with E-state index in [9.17, 15) is 0 Å². The van der Waals surface area contributed by atoms with E-state index in [0.29, 0.717) is 0 Å². The van der Waals surface area contributed by atoms with Crippen molar-refractivity contribution in [3.63, 3.8) is 0 Å². The molecule has 113 heavy (non-hydrogen) atoms. The molecule has 0 bridgehead atoms. The Kier molecular flexibility index (Phi) is 20.8. The van der Waals surface area contributed by atoms with Crippen molar-refractivity contribution in [1.82, 2.24) is 0 Å². The second kappa shape index (κ2) is 30.2. The molecular formula is C105H118N4O4+4. The molecular weight excluding hydrogens is 1380 g/mol. The van der Waals surface area contributed by atoms with E-state index in [1.807, 2.05) is 0 Å². The third-order valence-electron chi connectivity index (χ3n) is 26.5. The Hall–Kier alpha value is -10.4. The van der Waals surface area contributed by atoms with Crippen molar-refractivity contribution in [2.45, 2.75) is 215 Å². The summed E-state index contributed by atoms with van der Waals surface area (Å²) in [7, 11) is 8.57. The SMILES string of the molecule is Cc1cc(-c2c(C)ccc3c2OC(C)(C)C3(C)C)[n+](C)cc1-c1ccccc1.Cc1cc(-c2c(C)ccc3c2OC(C)(C)C3)[n+](C)cc1-c1ccccc1.Cc1cc(-c2c(C)ccc3c2OC(C)(C)C32CCCC2)[n+](C)cc1-c1ccccc1.Cc1cc(-c2c(C)ccc3c2OC2(CCCCC2)C3)[n+](C)cc1-c1ccccc1. The highest BCUT2D eigenvalue weighted by molar-refractivity contribution is 5.81. The topological polar surface area (TPSA) is 52.4 Å². The Morgan fingerprint density at radius 3 is 0.973 bits per heavy atom. The van der Waals surface area contributed by atoms with Gasteiger partial charge in [-0.15, -0.1) is 0 Å². The molecule has 0 amide bonds. The van der Waals surface area contributed by atoms with E-state index in [-0.39, 0.29) is 33.2 Å². The van der Waals surface area contributed by atoms with E-state index in [0.717, 1.165) is 35.8 Å². The van der Waals surface area contributed by atoms with Crippen LogP contribution in [0.5, 0.6) is 23.0 Å². The molecule has 8 nitrogen and oxygen atoms in total. The smallest absolute Gasteiger partial charge is 0.216 e. The second-order valence-electron chi connectivity index (χ2n) is 35.9. The minimum Gasteiger partial charge on any atom is -0.486 e.